The van der Waals surface area contributed by atoms with E-state index < -0.39 is 23.4 Å². The minimum absolute atomic E-state index is 0.282. The lowest BCUT2D eigenvalue weighted by Crippen LogP contribution is -2.43. The van der Waals surface area contributed by atoms with Crippen molar-refractivity contribution in [3.05, 3.63) is 108 Å². The molecule has 1 fully saturated rings. The van der Waals surface area contributed by atoms with Crippen molar-refractivity contribution in [3.8, 4) is 11.1 Å². The first-order valence-corrected chi connectivity index (χ1v) is 11.9. The molecule has 1 aliphatic heterocycles. The summed E-state index contributed by atoms with van der Waals surface area (Å²) < 4.78 is 0. The van der Waals surface area contributed by atoms with Gasteiger partial charge < -0.3 is 10.6 Å². The largest absolute Gasteiger partial charge is 0.348 e. The van der Waals surface area contributed by atoms with Gasteiger partial charge in [0.05, 0.1) is 6.04 Å². The number of hydrogen-bond acceptors (Lipinski definition) is 3. The smallest absolute Gasteiger partial charge is 0.325 e. The van der Waals surface area contributed by atoms with Crippen LogP contribution in [-0.4, -0.2) is 29.3 Å². The van der Waals surface area contributed by atoms with Crippen LogP contribution in [0, 0.1) is 0 Å². The summed E-state index contributed by atoms with van der Waals surface area (Å²) in [6.45, 7) is 3.20. The number of hydrogen-bond donors (Lipinski definition) is 2. The number of imide groups is 1. The van der Waals surface area contributed by atoms with Crippen molar-refractivity contribution < 1.29 is 14.4 Å². The van der Waals surface area contributed by atoms with E-state index in [1.54, 1.807) is 6.92 Å². The molecule has 0 aliphatic carbocycles. The quantitative estimate of drug-likeness (QED) is 0.377. The first-order valence-electron chi connectivity index (χ1n) is 11.9. The average Bonchev–Trinajstić information content (AvgIpc) is 3.12. The SMILES string of the molecule is C[C@H](NC(=O)CN1C(=O)N[C@@](C)(c2ccc3ccccc3c2)C1=O)c1ccc(-c2ccccc2)cc1. The zero-order chi connectivity index (χ0) is 25.3. The molecule has 0 bridgehead atoms. The van der Waals surface area contributed by atoms with E-state index in [4.69, 9.17) is 0 Å². The number of fused-ring (bicyclic) bond motifs is 1. The number of nitrogens with one attached hydrogen (secondary N) is 2. The van der Waals surface area contributed by atoms with Crippen molar-refractivity contribution in [2.45, 2.75) is 25.4 Å². The summed E-state index contributed by atoms with van der Waals surface area (Å²) in [4.78, 5) is 39.8. The van der Waals surface area contributed by atoms with Crippen LogP contribution in [0.15, 0.2) is 97.1 Å². The molecule has 4 aromatic carbocycles. The average molecular weight is 478 g/mol. The molecule has 4 aromatic rings. The number of urea groups is 1. The summed E-state index contributed by atoms with van der Waals surface area (Å²) in [6, 6.07) is 30.7. The van der Waals surface area contributed by atoms with E-state index in [9.17, 15) is 14.4 Å². The molecule has 4 amide bonds. The van der Waals surface area contributed by atoms with Crippen LogP contribution >= 0.6 is 0 Å². The van der Waals surface area contributed by atoms with E-state index in [0.29, 0.717) is 5.56 Å². The van der Waals surface area contributed by atoms with E-state index in [2.05, 4.69) is 10.6 Å². The molecule has 0 spiro atoms. The fraction of sp³-hybridized carbons (Fsp3) is 0.167. The molecule has 36 heavy (non-hydrogen) atoms. The van der Waals surface area contributed by atoms with Gasteiger partial charge in [-0.3, -0.25) is 14.5 Å². The first-order chi connectivity index (χ1) is 17.3. The molecule has 1 heterocycles. The molecular weight excluding hydrogens is 450 g/mol. The maximum absolute atomic E-state index is 13.3. The monoisotopic (exact) mass is 477 g/mol. The highest BCUT2D eigenvalue weighted by Crippen LogP contribution is 2.31. The van der Waals surface area contributed by atoms with Crippen molar-refractivity contribution in [1.29, 1.82) is 0 Å². The predicted octanol–water partition coefficient (Wildman–Crippen LogP) is 5.15. The number of benzene rings is 4. The Labute approximate surface area is 209 Å². The number of amides is 4. The zero-order valence-electron chi connectivity index (χ0n) is 20.2. The van der Waals surface area contributed by atoms with Crippen LogP contribution in [0.2, 0.25) is 0 Å². The Morgan fingerprint density at radius 2 is 1.50 bits per heavy atom. The number of nitrogens with zero attached hydrogens (tertiary/aromatic N) is 1. The maximum atomic E-state index is 13.3. The van der Waals surface area contributed by atoms with Gasteiger partial charge in [-0.25, -0.2) is 4.79 Å². The van der Waals surface area contributed by atoms with E-state index in [-0.39, 0.29) is 12.6 Å². The lowest BCUT2D eigenvalue weighted by atomic mass is 9.90. The third-order valence-corrected chi connectivity index (χ3v) is 6.80. The van der Waals surface area contributed by atoms with E-state index >= 15 is 0 Å². The van der Waals surface area contributed by atoms with E-state index in [0.717, 1.165) is 32.4 Å². The third-order valence-electron chi connectivity index (χ3n) is 6.80. The normalized spacial score (nSPS) is 18.2. The minimum Gasteiger partial charge on any atom is -0.348 e. The van der Waals surface area contributed by atoms with Crippen LogP contribution in [0.5, 0.6) is 0 Å². The number of rotatable bonds is 6. The molecule has 6 nitrogen and oxygen atoms in total. The topological polar surface area (TPSA) is 78.5 Å². The van der Waals surface area contributed by atoms with Gasteiger partial charge in [-0.1, -0.05) is 91.0 Å². The van der Waals surface area contributed by atoms with Crippen molar-refractivity contribution in [2.24, 2.45) is 0 Å². The highest BCUT2D eigenvalue weighted by Gasteiger charge is 2.49. The number of carbonyl (C=O) groups excluding carboxylic acids is 3. The summed E-state index contributed by atoms with van der Waals surface area (Å²) >= 11 is 0. The van der Waals surface area contributed by atoms with Gasteiger partial charge in [0.15, 0.2) is 0 Å². The summed E-state index contributed by atoms with van der Waals surface area (Å²) in [5.74, 6) is -0.848. The molecule has 6 heteroatoms. The van der Waals surface area contributed by atoms with Crippen LogP contribution in [0.4, 0.5) is 4.79 Å². The first kappa shape index (κ1) is 23.3. The van der Waals surface area contributed by atoms with Gasteiger partial charge in [-0.05, 0) is 52.9 Å². The molecule has 2 N–H and O–H groups in total. The molecule has 180 valence electrons. The summed E-state index contributed by atoms with van der Waals surface area (Å²) in [5, 5.41) is 7.70. The second kappa shape index (κ2) is 9.30. The second-order valence-electron chi connectivity index (χ2n) is 9.29. The van der Waals surface area contributed by atoms with Crippen LogP contribution < -0.4 is 10.6 Å². The predicted molar refractivity (Wildman–Crippen MR) is 140 cm³/mol. The molecule has 5 rings (SSSR count). The van der Waals surface area contributed by atoms with Crippen molar-refractivity contribution in [3.63, 3.8) is 0 Å². The Hall–Kier alpha value is -4.45. The maximum Gasteiger partial charge on any atom is 0.325 e. The summed E-state index contributed by atoms with van der Waals surface area (Å²) in [5.41, 5.74) is 2.58. The molecule has 0 aromatic heterocycles. The van der Waals surface area contributed by atoms with Gasteiger partial charge in [-0.2, -0.15) is 0 Å². The van der Waals surface area contributed by atoms with Crippen molar-refractivity contribution in [2.75, 3.05) is 6.54 Å². The van der Waals surface area contributed by atoms with E-state index in [1.807, 2.05) is 104 Å². The summed E-state index contributed by atoms with van der Waals surface area (Å²) in [7, 11) is 0. The fourth-order valence-electron chi connectivity index (χ4n) is 4.65. The van der Waals surface area contributed by atoms with Crippen molar-refractivity contribution >= 4 is 28.6 Å². The van der Waals surface area contributed by atoms with Gasteiger partial charge in [0, 0.05) is 0 Å². The zero-order valence-corrected chi connectivity index (χ0v) is 20.2. The van der Waals surface area contributed by atoms with Gasteiger partial charge in [0.25, 0.3) is 5.91 Å². The summed E-state index contributed by atoms with van der Waals surface area (Å²) in [6.07, 6.45) is 0. The van der Waals surface area contributed by atoms with Crippen molar-refractivity contribution in [1.82, 2.24) is 15.5 Å². The fourth-order valence-corrected chi connectivity index (χ4v) is 4.65. The van der Waals surface area contributed by atoms with E-state index in [1.165, 1.54) is 0 Å². The van der Waals surface area contributed by atoms with Crippen LogP contribution in [0.1, 0.15) is 31.0 Å². The van der Waals surface area contributed by atoms with Crippen LogP contribution in [-0.2, 0) is 15.1 Å². The molecular formula is C30H27N3O3. The van der Waals surface area contributed by atoms with Gasteiger partial charge in [0.2, 0.25) is 5.91 Å². The highest BCUT2D eigenvalue weighted by atomic mass is 16.2. The molecule has 1 saturated heterocycles. The third kappa shape index (κ3) is 4.33. The Kier molecular flexibility index (Phi) is 6.02. The van der Waals surface area contributed by atoms with Gasteiger partial charge >= 0.3 is 6.03 Å². The lowest BCUT2D eigenvalue weighted by molar-refractivity contribution is -0.135. The van der Waals surface area contributed by atoms with Crippen LogP contribution in [0.3, 0.4) is 0 Å². The number of carbonyl (C=O) groups is 3. The standard InChI is InChI=1S/C30H27N3O3/c1-20(21-12-14-24(15-13-21)22-8-4-3-5-9-22)31-27(34)19-33-28(35)30(2,32-29(33)36)26-17-16-23-10-6-7-11-25(23)18-26/h3-18,20H,19H2,1-2H3,(H,31,34)(H,32,36)/t20-,30-/m0/s1. The second-order valence-corrected chi connectivity index (χ2v) is 9.29. The molecule has 0 radical (unpaired) electrons. The Morgan fingerprint density at radius 1 is 0.861 bits per heavy atom. The van der Waals surface area contributed by atoms with Crippen LogP contribution in [0.25, 0.3) is 21.9 Å². The van der Waals surface area contributed by atoms with Gasteiger partial charge in [0.1, 0.15) is 12.1 Å². The molecule has 2 atom stereocenters. The molecule has 0 saturated carbocycles. The lowest BCUT2D eigenvalue weighted by Gasteiger charge is -2.23. The Morgan fingerprint density at radius 3 is 2.22 bits per heavy atom. The molecule has 1 aliphatic rings. The highest BCUT2D eigenvalue weighted by molar-refractivity contribution is 6.09. The Balaban J connectivity index is 1.26. The minimum atomic E-state index is -1.24. The molecule has 0 unspecified atom stereocenters. The Bertz CT molecular complexity index is 1450. The van der Waals surface area contributed by atoms with Gasteiger partial charge in [-0.15, -0.1) is 0 Å².